The van der Waals surface area contributed by atoms with Gasteiger partial charge >= 0.3 is 5.97 Å². The van der Waals surface area contributed by atoms with Gasteiger partial charge in [0.1, 0.15) is 6.04 Å². The summed E-state index contributed by atoms with van der Waals surface area (Å²) in [4.78, 5) is 23.8. The Morgan fingerprint density at radius 2 is 2.29 bits per heavy atom. The van der Waals surface area contributed by atoms with E-state index in [2.05, 4.69) is 5.92 Å². The minimum Gasteiger partial charge on any atom is -0.480 e. The van der Waals surface area contributed by atoms with Gasteiger partial charge in [-0.25, -0.2) is 4.79 Å². The number of amides is 1. The molecule has 1 rings (SSSR count). The Hall–Kier alpha value is -1.15. The van der Waals surface area contributed by atoms with Crippen LogP contribution in [0.5, 0.6) is 0 Å². The molecule has 0 aromatic rings. The lowest BCUT2D eigenvalue weighted by molar-refractivity contribution is -0.147. The summed E-state index contributed by atoms with van der Waals surface area (Å²) in [6, 6.07) is -0.655. The molecule has 0 unspecified atom stereocenters. The number of hydrogen-bond donors (Lipinski definition) is 1. The van der Waals surface area contributed by atoms with Gasteiger partial charge in [-0.2, -0.15) is 11.8 Å². The smallest absolute Gasteiger partial charge is 0.326 e. The van der Waals surface area contributed by atoms with E-state index in [0.29, 0.717) is 13.0 Å². The summed E-state index contributed by atoms with van der Waals surface area (Å²) in [6.07, 6.45) is 7.38. The maximum absolute atomic E-state index is 11.3. The van der Waals surface area contributed by atoms with E-state index < -0.39 is 12.0 Å². The fourth-order valence-corrected chi connectivity index (χ4v) is 3.15. The van der Waals surface area contributed by atoms with Crippen molar-refractivity contribution in [2.45, 2.75) is 37.5 Å². The van der Waals surface area contributed by atoms with Crippen LogP contribution in [-0.4, -0.2) is 45.5 Å². The highest BCUT2D eigenvalue weighted by Gasteiger charge is 2.38. The Morgan fingerprint density at radius 3 is 2.76 bits per heavy atom. The van der Waals surface area contributed by atoms with Gasteiger partial charge in [0.25, 0.3) is 0 Å². The van der Waals surface area contributed by atoms with Gasteiger partial charge < -0.3 is 10.0 Å². The molecule has 2 atom stereocenters. The predicted octanol–water partition coefficient (Wildman–Crippen LogP) is 1.21. The zero-order valence-electron chi connectivity index (χ0n) is 9.89. The largest absolute Gasteiger partial charge is 0.480 e. The van der Waals surface area contributed by atoms with E-state index in [9.17, 15) is 9.59 Å². The van der Waals surface area contributed by atoms with E-state index in [1.54, 1.807) is 11.8 Å². The average molecular weight is 255 g/mol. The molecule has 0 aromatic carbocycles. The molecular weight excluding hydrogens is 238 g/mol. The molecule has 1 aliphatic heterocycles. The first-order chi connectivity index (χ1) is 8.06. The number of nitrogens with zero attached hydrogens (tertiary/aromatic N) is 1. The van der Waals surface area contributed by atoms with Gasteiger partial charge in [0.15, 0.2) is 0 Å². The van der Waals surface area contributed by atoms with Crippen molar-refractivity contribution in [1.82, 2.24) is 4.90 Å². The number of rotatable bonds is 5. The topological polar surface area (TPSA) is 57.6 Å². The molecule has 0 bridgehead atoms. The summed E-state index contributed by atoms with van der Waals surface area (Å²) in [5.41, 5.74) is 0. The molecule has 0 radical (unpaired) electrons. The van der Waals surface area contributed by atoms with E-state index in [0.717, 1.165) is 18.6 Å². The monoisotopic (exact) mass is 255 g/mol. The fraction of sp³-hybridized carbons (Fsp3) is 0.667. The first-order valence-electron chi connectivity index (χ1n) is 5.61. The van der Waals surface area contributed by atoms with E-state index in [-0.39, 0.29) is 11.2 Å². The SMILES string of the molecule is C#CCCCS[C@H]1C[C@@H](C(=O)O)N(C(C)=O)C1. The van der Waals surface area contributed by atoms with Crippen LogP contribution in [0.2, 0.25) is 0 Å². The van der Waals surface area contributed by atoms with Crippen LogP contribution >= 0.6 is 11.8 Å². The lowest BCUT2D eigenvalue weighted by Gasteiger charge is -2.18. The number of terminal acetylenes is 1. The van der Waals surface area contributed by atoms with Crippen LogP contribution in [0.4, 0.5) is 0 Å². The Kier molecular flexibility index (Phi) is 5.36. The van der Waals surface area contributed by atoms with Gasteiger partial charge in [0.05, 0.1) is 0 Å². The highest BCUT2D eigenvalue weighted by Crippen LogP contribution is 2.28. The van der Waals surface area contributed by atoms with Crippen molar-refractivity contribution in [2.24, 2.45) is 0 Å². The summed E-state index contributed by atoms with van der Waals surface area (Å²) in [7, 11) is 0. The van der Waals surface area contributed by atoms with E-state index in [1.807, 2.05) is 0 Å². The molecule has 5 heteroatoms. The predicted molar refractivity (Wildman–Crippen MR) is 67.7 cm³/mol. The van der Waals surface area contributed by atoms with Crippen molar-refractivity contribution in [3.05, 3.63) is 0 Å². The average Bonchev–Trinajstić information content (AvgIpc) is 2.69. The fourth-order valence-electron chi connectivity index (χ4n) is 1.92. The first-order valence-corrected chi connectivity index (χ1v) is 6.66. The van der Waals surface area contributed by atoms with Crippen molar-refractivity contribution in [3.63, 3.8) is 0 Å². The second-order valence-corrected chi connectivity index (χ2v) is 5.47. The molecule has 1 saturated heterocycles. The number of carbonyl (C=O) groups excluding carboxylic acids is 1. The van der Waals surface area contributed by atoms with Crippen LogP contribution in [0.1, 0.15) is 26.2 Å². The lowest BCUT2D eigenvalue weighted by Crippen LogP contribution is -2.39. The summed E-state index contributed by atoms with van der Waals surface area (Å²) >= 11 is 1.71. The van der Waals surface area contributed by atoms with Crippen molar-refractivity contribution in [1.29, 1.82) is 0 Å². The van der Waals surface area contributed by atoms with E-state index in [1.165, 1.54) is 11.8 Å². The Bertz CT molecular complexity index is 315. The van der Waals surface area contributed by atoms with Crippen LogP contribution in [0.25, 0.3) is 0 Å². The zero-order valence-corrected chi connectivity index (χ0v) is 10.7. The Labute approximate surface area is 106 Å². The molecular formula is C12H17NO3S. The van der Waals surface area contributed by atoms with Crippen LogP contribution < -0.4 is 0 Å². The van der Waals surface area contributed by atoms with Crippen molar-refractivity contribution >= 4 is 23.6 Å². The minimum atomic E-state index is -0.910. The maximum Gasteiger partial charge on any atom is 0.326 e. The number of aliphatic carboxylic acids is 1. The first kappa shape index (κ1) is 13.9. The van der Waals surface area contributed by atoms with Crippen molar-refractivity contribution in [3.8, 4) is 12.3 Å². The standard InChI is InChI=1S/C12H17NO3S/c1-3-4-5-6-17-10-7-11(12(15)16)13(8-10)9(2)14/h1,10-11H,4-8H2,2H3,(H,15,16)/t10-,11-/m0/s1. The van der Waals surface area contributed by atoms with Gasteiger partial charge in [0, 0.05) is 25.1 Å². The lowest BCUT2D eigenvalue weighted by atomic mass is 10.2. The van der Waals surface area contributed by atoms with Gasteiger partial charge in [-0.3, -0.25) is 4.79 Å². The molecule has 0 aromatic heterocycles. The number of likely N-dealkylation sites (tertiary alicyclic amines) is 1. The summed E-state index contributed by atoms with van der Waals surface area (Å²) in [6.45, 7) is 1.95. The van der Waals surface area contributed by atoms with E-state index >= 15 is 0 Å². The quantitative estimate of drug-likeness (QED) is 0.592. The molecule has 17 heavy (non-hydrogen) atoms. The molecule has 1 amide bonds. The molecule has 94 valence electrons. The Balaban J connectivity index is 2.43. The molecule has 1 heterocycles. The van der Waals surface area contributed by atoms with Crippen molar-refractivity contribution in [2.75, 3.05) is 12.3 Å². The maximum atomic E-state index is 11.3. The number of carboxylic acid groups (broad SMARTS) is 1. The Morgan fingerprint density at radius 1 is 1.59 bits per heavy atom. The summed E-state index contributed by atoms with van der Waals surface area (Å²) in [5, 5.41) is 9.25. The molecule has 1 N–H and O–H groups in total. The third-order valence-corrected chi connectivity index (χ3v) is 4.11. The van der Waals surface area contributed by atoms with Gasteiger partial charge in [-0.15, -0.1) is 12.3 Å². The zero-order chi connectivity index (χ0) is 12.8. The molecule has 0 aliphatic carbocycles. The van der Waals surface area contributed by atoms with E-state index in [4.69, 9.17) is 11.5 Å². The van der Waals surface area contributed by atoms with Crippen LogP contribution in [0.15, 0.2) is 0 Å². The van der Waals surface area contributed by atoms with Crippen LogP contribution in [0.3, 0.4) is 0 Å². The molecule has 0 saturated carbocycles. The molecule has 0 spiro atoms. The van der Waals surface area contributed by atoms with Gasteiger partial charge in [-0.1, -0.05) is 0 Å². The van der Waals surface area contributed by atoms with Crippen LogP contribution in [0, 0.1) is 12.3 Å². The van der Waals surface area contributed by atoms with Crippen molar-refractivity contribution < 1.29 is 14.7 Å². The van der Waals surface area contributed by atoms with Crippen LogP contribution in [-0.2, 0) is 9.59 Å². The third-order valence-electron chi connectivity index (χ3n) is 2.77. The van der Waals surface area contributed by atoms with Gasteiger partial charge in [-0.05, 0) is 18.6 Å². The number of unbranched alkanes of at least 4 members (excludes halogenated alkanes) is 1. The highest BCUT2D eigenvalue weighted by atomic mass is 32.2. The second kappa shape index (κ2) is 6.55. The number of carboxylic acids is 1. The molecule has 1 aliphatic rings. The normalized spacial score (nSPS) is 23.4. The second-order valence-electron chi connectivity index (χ2n) is 4.06. The molecule has 4 nitrogen and oxygen atoms in total. The number of thioether (sulfide) groups is 1. The highest BCUT2D eigenvalue weighted by molar-refractivity contribution is 7.99. The summed E-state index contributed by atoms with van der Waals surface area (Å²) < 4.78 is 0. The number of carbonyl (C=O) groups is 2. The van der Waals surface area contributed by atoms with Gasteiger partial charge in [0.2, 0.25) is 5.91 Å². The minimum absolute atomic E-state index is 0.163. The summed E-state index contributed by atoms with van der Waals surface area (Å²) in [5.74, 6) is 2.43. The molecule has 1 fully saturated rings. The number of hydrogen-bond acceptors (Lipinski definition) is 3. The third kappa shape index (κ3) is 3.97.